The van der Waals surface area contributed by atoms with E-state index in [1.807, 2.05) is 0 Å². The van der Waals surface area contributed by atoms with Crippen molar-refractivity contribution in [1.29, 1.82) is 0 Å². The first-order valence-corrected chi connectivity index (χ1v) is 9.68. The second-order valence-corrected chi connectivity index (χ2v) is 9.38. The lowest BCUT2D eigenvalue weighted by Gasteiger charge is -2.25. The zero-order chi connectivity index (χ0) is 14.4. The molecule has 0 aromatic carbocycles. The molecule has 0 fully saturated rings. The molecule has 0 amide bonds. The molecule has 18 heavy (non-hydrogen) atoms. The Morgan fingerprint density at radius 3 is 1.78 bits per heavy atom. The van der Waals surface area contributed by atoms with E-state index in [1.165, 1.54) is 0 Å². The van der Waals surface area contributed by atoms with Crippen molar-refractivity contribution in [2.45, 2.75) is 46.8 Å². The fourth-order valence-electron chi connectivity index (χ4n) is 1.36. The lowest BCUT2D eigenvalue weighted by molar-refractivity contribution is 0.144. The molecule has 0 aliphatic carbocycles. The first kappa shape index (κ1) is 18.3. The zero-order valence-corrected chi connectivity index (χ0v) is 13.4. The van der Waals surface area contributed by atoms with Gasteiger partial charge < -0.3 is 18.7 Å². The van der Waals surface area contributed by atoms with Crippen molar-refractivity contribution in [1.82, 2.24) is 0 Å². The van der Waals surface area contributed by atoms with Gasteiger partial charge in [0.1, 0.15) is 12.3 Å². The standard InChI is InChI=1S/C10H24O6P2/c1-6-14-17(12,7-11)8-18(13,15-9(2)3)16-10(4)5/h9-11H,6-8H2,1-5H3. The van der Waals surface area contributed by atoms with Crippen LogP contribution in [0.2, 0.25) is 0 Å². The summed E-state index contributed by atoms with van der Waals surface area (Å²) in [5, 5.41) is 9.13. The van der Waals surface area contributed by atoms with Crippen LogP contribution in [0, 0.1) is 0 Å². The number of rotatable bonds is 9. The molecule has 0 aliphatic rings. The van der Waals surface area contributed by atoms with Gasteiger partial charge in [-0.25, -0.2) is 0 Å². The van der Waals surface area contributed by atoms with Crippen LogP contribution in [0.5, 0.6) is 0 Å². The fourth-order valence-corrected chi connectivity index (χ4v) is 6.58. The van der Waals surface area contributed by atoms with Crippen molar-refractivity contribution in [2.75, 3.05) is 18.9 Å². The highest BCUT2D eigenvalue weighted by Gasteiger charge is 2.38. The summed E-state index contributed by atoms with van der Waals surface area (Å²) in [6, 6.07) is 0. The molecule has 0 rings (SSSR count). The van der Waals surface area contributed by atoms with Crippen LogP contribution in [-0.4, -0.2) is 36.2 Å². The first-order chi connectivity index (χ1) is 8.16. The molecule has 0 radical (unpaired) electrons. The van der Waals surface area contributed by atoms with Gasteiger partial charge in [0.25, 0.3) is 0 Å². The molecule has 0 saturated carbocycles. The highest BCUT2D eigenvalue weighted by molar-refractivity contribution is 7.73. The number of hydrogen-bond acceptors (Lipinski definition) is 6. The topological polar surface area (TPSA) is 82.1 Å². The van der Waals surface area contributed by atoms with Gasteiger partial charge in [-0.05, 0) is 34.6 Å². The summed E-state index contributed by atoms with van der Waals surface area (Å²) in [5.74, 6) is -0.402. The van der Waals surface area contributed by atoms with E-state index in [0.29, 0.717) is 0 Å². The lowest BCUT2D eigenvalue weighted by Crippen LogP contribution is -2.12. The first-order valence-electron chi connectivity index (χ1n) is 5.95. The minimum Gasteiger partial charge on any atom is -0.386 e. The van der Waals surface area contributed by atoms with Crippen molar-refractivity contribution in [3.05, 3.63) is 0 Å². The molecule has 0 aromatic heterocycles. The molecule has 1 atom stereocenters. The Hall–Kier alpha value is 0.300. The molecule has 0 bridgehead atoms. The van der Waals surface area contributed by atoms with Crippen LogP contribution in [0.3, 0.4) is 0 Å². The van der Waals surface area contributed by atoms with Crippen LogP contribution < -0.4 is 0 Å². The molecule has 0 aromatic rings. The lowest BCUT2D eigenvalue weighted by atomic mass is 10.5. The largest absolute Gasteiger partial charge is 0.386 e. The minimum absolute atomic E-state index is 0.168. The molecular formula is C10H24O6P2. The predicted octanol–water partition coefficient (Wildman–Crippen LogP) is 3.25. The maximum absolute atomic E-state index is 12.5. The van der Waals surface area contributed by atoms with E-state index >= 15 is 0 Å². The Kier molecular flexibility index (Phi) is 7.91. The van der Waals surface area contributed by atoms with E-state index in [1.54, 1.807) is 34.6 Å². The number of hydrogen-bond donors (Lipinski definition) is 1. The Labute approximate surface area is 109 Å². The monoisotopic (exact) mass is 302 g/mol. The third-order valence-electron chi connectivity index (χ3n) is 1.71. The van der Waals surface area contributed by atoms with Crippen molar-refractivity contribution >= 4 is 15.0 Å². The van der Waals surface area contributed by atoms with Crippen molar-refractivity contribution in [3.63, 3.8) is 0 Å². The van der Waals surface area contributed by atoms with Gasteiger partial charge in [0, 0.05) is 0 Å². The predicted molar refractivity (Wildman–Crippen MR) is 71.2 cm³/mol. The third-order valence-corrected chi connectivity index (χ3v) is 7.47. The average molecular weight is 302 g/mol. The average Bonchev–Trinajstić information content (AvgIpc) is 2.14. The summed E-state index contributed by atoms with van der Waals surface area (Å²) >= 11 is 0. The molecule has 0 spiro atoms. The second kappa shape index (κ2) is 7.78. The van der Waals surface area contributed by atoms with Crippen molar-refractivity contribution < 1.29 is 27.8 Å². The minimum atomic E-state index is -3.55. The molecule has 8 heteroatoms. The van der Waals surface area contributed by atoms with Gasteiger partial charge in [-0.3, -0.25) is 9.13 Å². The van der Waals surface area contributed by atoms with Crippen molar-refractivity contribution in [2.24, 2.45) is 0 Å². The van der Waals surface area contributed by atoms with E-state index in [4.69, 9.17) is 18.7 Å². The fraction of sp³-hybridized carbons (Fsp3) is 1.00. The van der Waals surface area contributed by atoms with Crippen LogP contribution in [-0.2, 0) is 22.7 Å². The zero-order valence-electron chi connectivity index (χ0n) is 11.7. The highest BCUT2D eigenvalue weighted by atomic mass is 31.2. The quantitative estimate of drug-likeness (QED) is 0.658. The molecule has 0 aliphatic heterocycles. The highest BCUT2D eigenvalue weighted by Crippen LogP contribution is 2.63. The molecule has 1 unspecified atom stereocenters. The van der Waals surface area contributed by atoms with E-state index < -0.39 is 27.2 Å². The van der Waals surface area contributed by atoms with E-state index in [2.05, 4.69) is 0 Å². The molecular weight excluding hydrogens is 278 g/mol. The van der Waals surface area contributed by atoms with Crippen molar-refractivity contribution in [3.8, 4) is 0 Å². The van der Waals surface area contributed by atoms with E-state index in [9.17, 15) is 9.13 Å². The second-order valence-electron chi connectivity index (χ2n) is 4.43. The summed E-state index contributed by atoms with van der Waals surface area (Å²) in [6.45, 7) is 8.66. The summed E-state index contributed by atoms with van der Waals surface area (Å²) in [7, 11) is -6.94. The van der Waals surface area contributed by atoms with Crippen LogP contribution in [0.25, 0.3) is 0 Å². The van der Waals surface area contributed by atoms with Gasteiger partial charge >= 0.3 is 7.60 Å². The van der Waals surface area contributed by atoms with Gasteiger partial charge in [0.15, 0.2) is 0 Å². The Morgan fingerprint density at radius 1 is 1.06 bits per heavy atom. The molecule has 1 N–H and O–H groups in total. The van der Waals surface area contributed by atoms with Gasteiger partial charge in [-0.2, -0.15) is 0 Å². The molecule has 110 valence electrons. The Morgan fingerprint density at radius 2 is 1.50 bits per heavy atom. The summed E-state index contributed by atoms with van der Waals surface area (Å²) in [6.07, 6.45) is -1.33. The smallest absolute Gasteiger partial charge is 0.340 e. The molecule has 0 heterocycles. The Balaban J connectivity index is 4.98. The van der Waals surface area contributed by atoms with E-state index in [0.717, 1.165) is 0 Å². The number of aliphatic hydroxyl groups excluding tert-OH is 1. The van der Waals surface area contributed by atoms with Gasteiger partial charge in [0.2, 0.25) is 7.37 Å². The third kappa shape index (κ3) is 7.03. The maximum atomic E-state index is 12.5. The van der Waals surface area contributed by atoms with Gasteiger partial charge in [-0.15, -0.1) is 0 Å². The normalized spacial score (nSPS) is 16.2. The van der Waals surface area contributed by atoms with Crippen LogP contribution in [0.1, 0.15) is 34.6 Å². The Bertz CT molecular complexity index is 314. The summed E-state index contributed by atoms with van der Waals surface area (Å²) < 4.78 is 40.2. The van der Waals surface area contributed by atoms with Crippen LogP contribution >= 0.6 is 15.0 Å². The van der Waals surface area contributed by atoms with Gasteiger partial charge in [-0.1, -0.05) is 0 Å². The maximum Gasteiger partial charge on any atom is 0.340 e. The summed E-state index contributed by atoms with van der Waals surface area (Å²) in [5.41, 5.74) is 0. The van der Waals surface area contributed by atoms with Crippen LogP contribution in [0.4, 0.5) is 0 Å². The molecule has 0 saturated heterocycles. The van der Waals surface area contributed by atoms with Crippen LogP contribution in [0.15, 0.2) is 0 Å². The summed E-state index contributed by atoms with van der Waals surface area (Å²) in [4.78, 5) is 0. The SMILES string of the molecule is CCOP(=O)(CO)CP(=O)(OC(C)C)OC(C)C. The molecule has 6 nitrogen and oxygen atoms in total. The van der Waals surface area contributed by atoms with Gasteiger partial charge in [0.05, 0.1) is 18.8 Å². The number of aliphatic hydroxyl groups is 1. The van der Waals surface area contributed by atoms with E-state index in [-0.39, 0.29) is 18.8 Å².